The average molecular weight is 179 g/mol. The summed E-state index contributed by atoms with van der Waals surface area (Å²) in [5.41, 5.74) is 0. The van der Waals surface area contributed by atoms with Crippen LogP contribution in [0.5, 0.6) is 0 Å². The molecule has 0 aliphatic rings. The third-order valence-corrected chi connectivity index (χ3v) is 0. The average Bonchev–Trinajstić information content (AvgIpc) is 1.39. The Morgan fingerprint density at radius 3 is 1.00 bits per heavy atom. The van der Waals surface area contributed by atoms with Crippen molar-refractivity contribution in [2.24, 2.45) is 0 Å². The van der Waals surface area contributed by atoms with Gasteiger partial charge in [-0.05, 0) is 14.2 Å². The van der Waals surface area contributed by atoms with Gasteiger partial charge in [0.15, 0.2) is 0 Å². The van der Waals surface area contributed by atoms with Crippen molar-refractivity contribution in [1.29, 1.82) is 0 Å². The van der Waals surface area contributed by atoms with Crippen LogP contribution < -0.4 is 0 Å². The van der Waals surface area contributed by atoms with E-state index in [1.165, 1.54) is 14.2 Å². The maximum Gasteiger partial charge on any atom is 0 e. The van der Waals surface area contributed by atoms with E-state index in [1.807, 2.05) is 0 Å². The Kier molecular flexibility index (Phi) is 62.5. The van der Waals surface area contributed by atoms with Crippen LogP contribution in [0.1, 0.15) is 0 Å². The fourth-order valence-electron chi connectivity index (χ4n) is 0. The van der Waals surface area contributed by atoms with E-state index in [0.29, 0.717) is 0 Å². The summed E-state index contributed by atoms with van der Waals surface area (Å²) in [4.78, 5) is 0. The van der Waals surface area contributed by atoms with E-state index >= 15 is 0 Å². The zero-order valence-electron chi connectivity index (χ0n) is 4.81. The van der Waals surface area contributed by atoms with E-state index in [9.17, 15) is 0 Å². The third kappa shape index (κ3) is 169. The summed E-state index contributed by atoms with van der Waals surface area (Å²) in [5.74, 6) is 0. The minimum absolute atomic E-state index is 0. The fraction of sp³-hybridized carbons (Fsp3) is 0.500. The number of hydrogen-bond acceptors (Lipinski definition) is 2. The predicted octanol–water partition coefficient (Wildman–Crippen LogP) is 0.846. The fourth-order valence-corrected chi connectivity index (χ4v) is 0. The molecule has 43 valence electrons. The molecular weight excluding hydrogens is 169 g/mol. The molecule has 0 fully saturated rings. The summed E-state index contributed by atoms with van der Waals surface area (Å²) in [6.45, 7) is 0. The van der Waals surface area contributed by atoms with Crippen LogP contribution in [-0.4, -0.2) is 14.2 Å². The van der Waals surface area contributed by atoms with Crippen LogP contribution in [0, 0.1) is 14.2 Å². The summed E-state index contributed by atoms with van der Waals surface area (Å²) in [7, 11) is 9.00. The van der Waals surface area contributed by atoms with Gasteiger partial charge in [0.2, 0.25) is 0 Å². The van der Waals surface area contributed by atoms with Crippen molar-refractivity contribution < 1.29 is 42.2 Å². The van der Waals surface area contributed by atoms with Crippen molar-refractivity contribution in [3.8, 4) is 0 Å². The summed E-state index contributed by atoms with van der Waals surface area (Å²) in [6, 6.07) is 0. The second-order valence-corrected chi connectivity index (χ2v) is 0.577. The normalized spacial score (nSPS) is 5.14. The molecule has 0 aliphatic carbocycles. The van der Waals surface area contributed by atoms with Crippen molar-refractivity contribution in [1.82, 2.24) is 0 Å². The van der Waals surface area contributed by atoms with Crippen LogP contribution >= 0.6 is 0 Å². The minimum Gasteiger partial charge on any atom is -0.557 e. The number of hydrogen-bond donors (Lipinski definition) is 0. The van der Waals surface area contributed by atoms with Crippen molar-refractivity contribution in [3.63, 3.8) is 0 Å². The van der Waals surface area contributed by atoms with E-state index < -0.39 is 0 Å². The van der Waals surface area contributed by atoms with E-state index in [0.717, 1.165) is 0 Å². The quantitative estimate of drug-likeness (QED) is 0.513. The van der Waals surface area contributed by atoms with E-state index in [4.69, 9.17) is 0 Å². The summed E-state index contributed by atoms with van der Waals surface area (Å²) in [5, 5.41) is 0. The molecule has 3 heteroatoms. The second-order valence-electron chi connectivity index (χ2n) is 0.577. The molecule has 0 aliphatic heterocycles. The molecule has 0 bridgehead atoms. The van der Waals surface area contributed by atoms with Crippen LogP contribution in [0.4, 0.5) is 0 Å². The van der Waals surface area contributed by atoms with Gasteiger partial charge in [-0.1, -0.05) is 0 Å². The monoisotopic (exact) mass is 179 g/mol. The summed E-state index contributed by atoms with van der Waals surface area (Å²) in [6.07, 6.45) is 0. The van der Waals surface area contributed by atoms with Gasteiger partial charge in [-0.3, -0.25) is 0 Å². The first-order valence-electron chi connectivity index (χ1n) is 1.39. The van der Waals surface area contributed by atoms with Gasteiger partial charge in [-0.15, -0.1) is 0 Å². The van der Waals surface area contributed by atoms with E-state index in [2.05, 4.69) is 23.7 Å². The molecule has 0 heterocycles. The van der Waals surface area contributed by atoms with Crippen molar-refractivity contribution in [3.05, 3.63) is 14.2 Å². The molecule has 0 atom stereocenters. The Hall–Kier alpha value is 1.02. The largest absolute Gasteiger partial charge is 0.557 e. The smallest absolute Gasteiger partial charge is 0 e. The van der Waals surface area contributed by atoms with Gasteiger partial charge in [0.1, 0.15) is 0 Å². The van der Waals surface area contributed by atoms with Gasteiger partial charge in [-0.2, -0.15) is 0 Å². The molecule has 0 saturated heterocycles. The Labute approximate surface area is 70.5 Å². The topological polar surface area (TPSA) is 18.5 Å². The molecule has 0 aromatic heterocycles. The predicted molar refractivity (Wildman–Crippen MR) is 24.7 cm³/mol. The van der Waals surface area contributed by atoms with Gasteiger partial charge in [0.05, 0.1) is 0 Å². The number of rotatable bonds is 0. The molecule has 1 radical (unpaired) electrons. The van der Waals surface area contributed by atoms with Crippen molar-refractivity contribution >= 4 is 0 Å². The molecule has 0 rings (SSSR count). The minimum atomic E-state index is 0. The molecular formula is C4H10O2Y-2. The summed E-state index contributed by atoms with van der Waals surface area (Å²) >= 11 is 0. The van der Waals surface area contributed by atoms with Gasteiger partial charge in [-0.25, -0.2) is 14.2 Å². The first kappa shape index (κ1) is 15.7. The Morgan fingerprint density at radius 1 is 1.00 bits per heavy atom. The van der Waals surface area contributed by atoms with Gasteiger partial charge in [0, 0.05) is 32.7 Å². The Balaban J connectivity index is -0.0000000400. The zero-order valence-corrected chi connectivity index (χ0v) is 7.65. The van der Waals surface area contributed by atoms with Crippen LogP contribution in [0.15, 0.2) is 0 Å². The van der Waals surface area contributed by atoms with Gasteiger partial charge >= 0.3 is 0 Å². The number of ether oxygens (including phenoxy) is 2. The first-order chi connectivity index (χ1) is 2.83. The molecule has 0 unspecified atom stereocenters. The molecule has 2 nitrogen and oxygen atoms in total. The van der Waals surface area contributed by atoms with E-state index in [-0.39, 0.29) is 32.7 Å². The van der Waals surface area contributed by atoms with Gasteiger partial charge < -0.3 is 9.47 Å². The molecule has 0 N–H and O–H groups in total. The van der Waals surface area contributed by atoms with Gasteiger partial charge in [0.25, 0.3) is 0 Å². The summed E-state index contributed by atoms with van der Waals surface area (Å²) < 4.78 is 8.00. The standard InChI is InChI=1S/2C2H5O.Y/c2*1-3-2;/h2*1H2,2H3;/q2*-1;. The molecule has 0 aromatic rings. The van der Waals surface area contributed by atoms with Crippen LogP contribution in [0.25, 0.3) is 0 Å². The Bertz CT molecular complexity index is 11.7. The third-order valence-electron chi connectivity index (χ3n) is 0. The first-order valence-corrected chi connectivity index (χ1v) is 1.39. The molecule has 0 aromatic carbocycles. The van der Waals surface area contributed by atoms with E-state index in [1.54, 1.807) is 0 Å². The Morgan fingerprint density at radius 2 is 1.00 bits per heavy atom. The maximum atomic E-state index is 4.00. The molecule has 0 amide bonds. The van der Waals surface area contributed by atoms with Crippen molar-refractivity contribution in [2.75, 3.05) is 14.2 Å². The SMILES string of the molecule is [CH2-]OC.[CH2-]OC.[Y]. The zero-order chi connectivity index (χ0) is 5.41. The maximum absolute atomic E-state index is 4.00. The molecule has 0 saturated carbocycles. The molecule has 7 heavy (non-hydrogen) atoms. The van der Waals surface area contributed by atoms with Crippen molar-refractivity contribution in [2.45, 2.75) is 0 Å². The molecule has 0 spiro atoms. The van der Waals surface area contributed by atoms with Crippen LogP contribution in [-0.2, 0) is 42.2 Å². The number of methoxy groups -OCH3 is 2. The van der Waals surface area contributed by atoms with Crippen LogP contribution in [0.3, 0.4) is 0 Å². The van der Waals surface area contributed by atoms with Crippen LogP contribution in [0.2, 0.25) is 0 Å². The second kappa shape index (κ2) is 27.9.